The lowest BCUT2D eigenvalue weighted by atomic mass is 9.95. The molecule has 0 radical (unpaired) electrons. The molecular formula is C17H18N2O2. The fourth-order valence-electron chi connectivity index (χ4n) is 2.86. The Kier molecular flexibility index (Phi) is 3.37. The number of carbonyl (C=O) groups is 1. The summed E-state index contributed by atoms with van der Waals surface area (Å²) < 4.78 is 0. The van der Waals surface area contributed by atoms with Crippen LogP contribution in [0.4, 0.5) is 5.82 Å². The first-order valence-corrected chi connectivity index (χ1v) is 7.09. The van der Waals surface area contributed by atoms with Gasteiger partial charge in [-0.15, -0.1) is 0 Å². The van der Waals surface area contributed by atoms with E-state index in [1.165, 1.54) is 5.56 Å². The van der Waals surface area contributed by atoms with Crippen LogP contribution in [0.1, 0.15) is 34.2 Å². The van der Waals surface area contributed by atoms with E-state index in [0.29, 0.717) is 18.0 Å². The number of hydrogen-bond donors (Lipinski definition) is 2. The standard InChI is InChI=1S/C17H18N2O2/c1-10-5-14(20)6-11(2)15(10)8-12-7-13-3-4-16(21)19-17(13)18-9-12/h5-7,9,20H,3-4,8H2,1-2H3,(H,18,19,21). The van der Waals surface area contributed by atoms with E-state index >= 15 is 0 Å². The minimum atomic E-state index is 0.0352. The summed E-state index contributed by atoms with van der Waals surface area (Å²) in [5.74, 6) is 1.03. The van der Waals surface area contributed by atoms with E-state index in [0.717, 1.165) is 35.1 Å². The molecule has 0 saturated carbocycles. The highest BCUT2D eigenvalue weighted by atomic mass is 16.3. The van der Waals surface area contributed by atoms with Gasteiger partial charge in [0, 0.05) is 12.6 Å². The molecule has 0 aliphatic carbocycles. The fourth-order valence-corrected chi connectivity index (χ4v) is 2.86. The van der Waals surface area contributed by atoms with E-state index in [2.05, 4.69) is 16.4 Å². The lowest BCUT2D eigenvalue weighted by Gasteiger charge is -2.17. The van der Waals surface area contributed by atoms with Crippen molar-refractivity contribution in [2.24, 2.45) is 0 Å². The van der Waals surface area contributed by atoms with Crippen LogP contribution in [0.2, 0.25) is 0 Å². The predicted octanol–water partition coefficient (Wildman–Crippen LogP) is 2.88. The van der Waals surface area contributed by atoms with E-state index < -0.39 is 0 Å². The normalized spacial score (nSPS) is 13.7. The van der Waals surface area contributed by atoms with Crippen LogP contribution < -0.4 is 5.32 Å². The van der Waals surface area contributed by atoms with Gasteiger partial charge in [-0.2, -0.15) is 0 Å². The molecule has 4 nitrogen and oxygen atoms in total. The molecule has 2 N–H and O–H groups in total. The van der Waals surface area contributed by atoms with E-state index in [1.54, 1.807) is 12.1 Å². The minimum Gasteiger partial charge on any atom is -0.508 e. The maximum atomic E-state index is 11.3. The Balaban J connectivity index is 1.91. The largest absolute Gasteiger partial charge is 0.508 e. The second-order valence-electron chi connectivity index (χ2n) is 5.63. The van der Waals surface area contributed by atoms with Gasteiger partial charge in [-0.05, 0) is 66.6 Å². The second kappa shape index (κ2) is 5.20. The molecule has 0 bridgehead atoms. The third-order valence-electron chi connectivity index (χ3n) is 3.96. The number of carbonyl (C=O) groups excluding carboxylic acids is 1. The van der Waals surface area contributed by atoms with Crippen LogP contribution in [0.25, 0.3) is 0 Å². The van der Waals surface area contributed by atoms with Crippen LogP contribution in [-0.2, 0) is 17.6 Å². The van der Waals surface area contributed by atoms with Gasteiger partial charge in [0.2, 0.25) is 5.91 Å². The van der Waals surface area contributed by atoms with E-state index in [9.17, 15) is 9.90 Å². The summed E-state index contributed by atoms with van der Waals surface area (Å²) in [5, 5.41) is 12.4. The topological polar surface area (TPSA) is 62.2 Å². The molecule has 0 spiro atoms. The van der Waals surface area contributed by atoms with E-state index in [1.807, 2.05) is 20.0 Å². The van der Waals surface area contributed by atoms with Gasteiger partial charge >= 0.3 is 0 Å². The molecule has 0 atom stereocenters. The van der Waals surface area contributed by atoms with Crippen molar-refractivity contribution in [2.45, 2.75) is 33.1 Å². The number of hydrogen-bond acceptors (Lipinski definition) is 3. The van der Waals surface area contributed by atoms with Gasteiger partial charge in [0.1, 0.15) is 11.6 Å². The van der Waals surface area contributed by atoms with E-state index in [-0.39, 0.29) is 5.91 Å². The number of amides is 1. The number of nitrogens with one attached hydrogen (secondary N) is 1. The first-order chi connectivity index (χ1) is 10.0. The maximum absolute atomic E-state index is 11.3. The summed E-state index contributed by atoms with van der Waals surface area (Å²) in [6.07, 6.45) is 3.87. The van der Waals surface area contributed by atoms with Crippen LogP contribution in [0.3, 0.4) is 0 Å². The minimum absolute atomic E-state index is 0.0352. The van der Waals surface area contributed by atoms with Gasteiger partial charge in [-0.25, -0.2) is 4.98 Å². The van der Waals surface area contributed by atoms with Crippen LogP contribution in [0.5, 0.6) is 5.75 Å². The molecule has 108 valence electrons. The number of phenolic OH excluding ortho intramolecular Hbond substituents is 1. The molecule has 1 aromatic carbocycles. The molecule has 1 amide bonds. The summed E-state index contributed by atoms with van der Waals surface area (Å²) >= 11 is 0. The van der Waals surface area contributed by atoms with Gasteiger partial charge in [0.15, 0.2) is 0 Å². The monoisotopic (exact) mass is 282 g/mol. The average molecular weight is 282 g/mol. The zero-order valence-electron chi connectivity index (χ0n) is 12.2. The van der Waals surface area contributed by atoms with Gasteiger partial charge < -0.3 is 10.4 Å². The van der Waals surface area contributed by atoms with Crippen LogP contribution in [0, 0.1) is 13.8 Å². The zero-order valence-corrected chi connectivity index (χ0v) is 12.2. The van der Waals surface area contributed by atoms with Gasteiger partial charge in [-0.1, -0.05) is 6.07 Å². The number of rotatable bonds is 2. The summed E-state index contributed by atoms with van der Waals surface area (Å²) in [5.41, 5.74) is 5.61. The van der Waals surface area contributed by atoms with Gasteiger partial charge in [0.05, 0.1) is 0 Å². The number of fused-ring (bicyclic) bond motifs is 1. The van der Waals surface area contributed by atoms with Crippen LogP contribution in [-0.4, -0.2) is 16.0 Å². The number of nitrogens with zero attached hydrogens (tertiary/aromatic N) is 1. The molecular weight excluding hydrogens is 264 g/mol. The van der Waals surface area contributed by atoms with Crippen molar-refractivity contribution < 1.29 is 9.90 Å². The molecule has 1 aliphatic rings. The van der Waals surface area contributed by atoms with Crippen molar-refractivity contribution in [1.82, 2.24) is 4.98 Å². The predicted molar refractivity (Wildman–Crippen MR) is 81.6 cm³/mol. The first-order valence-electron chi connectivity index (χ1n) is 7.09. The summed E-state index contributed by atoms with van der Waals surface area (Å²) in [7, 11) is 0. The first kappa shape index (κ1) is 13.6. The Morgan fingerprint density at radius 1 is 1.19 bits per heavy atom. The van der Waals surface area contributed by atoms with Gasteiger partial charge in [-0.3, -0.25) is 4.79 Å². The molecule has 4 heteroatoms. The average Bonchev–Trinajstić information content (AvgIpc) is 2.43. The third kappa shape index (κ3) is 2.75. The molecule has 3 rings (SSSR count). The number of pyridine rings is 1. The van der Waals surface area contributed by atoms with Crippen molar-refractivity contribution in [3.8, 4) is 5.75 Å². The van der Waals surface area contributed by atoms with Crippen LogP contribution >= 0.6 is 0 Å². The number of aryl methyl sites for hydroxylation is 3. The number of phenols is 1. The number of anilines is 1. The van der Waals surface area contributed by atoms with Crippen molar-refractivity contribution in [3.63, 3.8) is 0 Å². The summed E-state index contributed by atoms with van der Waals surface area (Å²) in [6.45, 7) is 4.02. The second-order valence-corrected chi connectivity index (χ2v) is 5.63. The molecule has 0 saturated heterocycles. The van der Waals surface area contributed by atoms with E-state index in [4.69, 9.17) is 0 Å². The quantitative estimate of drug-likeness (QED) is 0.890. The fraction of sp³-hybridized carbons (Fsp3) is 0.294. The van der Waals surface area contributed by atoms with Crippen molar-refractivity contribution in [1.29, 1.82) is 0 Å². The maximum Gasteiger partial charge on any atom is 0.225 e. The zero-order chi connectivity index (χ0) is 15.0. The van der Waals surface area contributed by atoms with Crippen LogP contribution in [0.15, 0.2) is 24.4 Å². The Bertz CT molecular complexity index is 700. The molecule has 2 aromatic rings. The smallest absolute Gasteiger partial charge is 0.225 e. The third-order valence-corrected chi connectivity index (χ3v) is 3.96. The molecule has 0 fully saturated rings. The SMILES string of the molecule is Cc1cc(O)cc(C)c1Cc1cnc2c(c1)CCC(=O)N2. The highest BCUT2D eigenvalue weighted by Crippen LogP contribution is 2.26. The Labute approximate surface area is 123 Å². The Hall–Kier alpha value is -2.36. The summed E-state index contributed by atoms with van der Waals surface area (Å²) in [6, 6.07) is 5.69. The number of aromatic hydroxyl groups is 1. The Morgan fingerprint density at radius 2 is 1.90 bits per heavy atom. The molecule has 0 unspecified atom stereocenters. The molecule has 21 heavy (non-hydrogen) atoms. The molecule has 1 aromatic heterocycles. The Morgan fingerprint density at radius 3 is 2.62 bits per heavy atom. The lowest BCUT2D eigenvalue weighted by Crippen LogP contribution is -2.20. The highest BCUT2D eigenvalue weighted by molar-refractivity contribution is 5.92. The van der Waals surface area contributed by atoms with Crippen molar-refractivity contribution >= 4 is 11.7 Å². The highest BCUT2D eigenvalue weighted by Gasteiger charge is 2.16. The number of aromatic nitrogens is 1. The summed E-state index contributed by atoms with van der Waals surface area (Å²) in [4.78, 5) is 15.7. The van der Waals surface area contributed by atoms with Crippen molar-refractivity contribution in [3.05, 3.63) is 52.2 Å². The van der Waals surface area contributed by atoms with Gasteiger partial charge in [0.25, 0.3) is 0 Å². The molecule has 2 heterocycles. The number of benzene rings is 1. The van der Waals surface area contributed by atoms with Crippen molar-refractivity contribution in [2.75, 3.05) is 5.32 Å². The molecule has 1 aliphatic heterocycles. The lowest BCUT2D eigenvalue weighted by molar-refractivity contribution is -0.116.